The summed E-state index contributed by atoms with van der Waals surface area (Å²) in [7, 11) is 0. The molecule has 0 saturated carbocycles. The standard InChI is InChI=1S/C10H6F3N/c1-2-7-3-8(6-14)5-9(4-7)10(11,12)13/h2-5H,1H2. The van der Waals surface area contributed by atoms with Crippen molar-refractivity contribution in [2.45, 2.75) is 6.18 Å². The summed E-state index contributed by atoms with van der Waals surface area (Å²) in [6, 6.07) is 4.78. The minimum absolute atomic E-state index is 0.0188. The van der Waals surface area contributed by atoms with Gasteiger partial charge in [-0.2, -0.15) is 18.4 Å². The van der Waals surface area contributed by atoms with Crippen molar-refractivity contribution < 1.29 is 13.2 Å². The van der Waals surface area contributed by atoms with Gasteiger partial charge in [0, 0.05) is 0 Å². The molecule has 0 amide bonds. The Labute approximate surface area is 79.1 Å². The van der Waals surface area contributed by atoms with Gasteiger partial charge in [0.2, 0.25) is 0 Å². The highest BCUT2D eigenvalue weighted by Crippen LogP contribution is 2.30. The molecule has 1 rings (SSSR count). The molecule has 0 saturated heterocycles. The first-order valence-corrected chi connectivity index (χ1v) is 3.72. The van der Waals surface area contributed by atoms with E-state index in [9.17, 15) is 13.2 Å². The average Bonchev–Trinajstić information content (AvgIpc) is 2.15. The molecule has 0 aliphatic carbocycles. The molecule has 0 aromatic heterocycles. The Morgan fingerprint density at radius 2 is 1.93 bits per heavy atom. The zero-order valence-corrected chi connectivity index (χ0v) is 7.10. The van der Waals surface area contributed by atoms with Crippen LogP contribution in [-0.4, -0.2) is 0 Å². The SMILES string of the molecule is C=Cc1cc(C#N)cc(C(F)(F)F)c1. The third-order valence-corrected chi connectivity index (χ3v) is 1.65. The van der Waals surface area contributed by atoms with Crippen LogP contribution in [0.4, 0.5) is 13.2 Å². The van der Waals surface area contributed by atoms with Crippen LogP contribution in [0.25, 0.3) is 6.08 Å². The van der Waals surface area contributed by atoms with Crippen LogP contribution < -0.4 is 0 Å². The van der Waals surface area contributed by atoms with E-state index < -0.39 is 11.7 Å². The van der Waals surface area contributed by atoms with Crippen LogP contribution in [0.3, 0.4) is 0 Å². The van der Waals surface area contributed by atoms with E-state index >= 15 is 0 Å². The lowest BCUT2D eigenvalue weighted by Crippen LogP contribution is -2.05. The Bertz CT molecular complexity index is 399. The van der Waals surface area contributed by atoms with Crippen LogP contribution in [0, 0.1) is 11.3 Å². The van der Waals surface area contributed by atoms with Crippen molar-refractivity contribution in [3.63, 3.8) is 0 Å². The van der Waals surface area contributed by atoms with Gasteiger partial charge in [-0.05, 0) is 23.8 Å². The summed E-state index contributed by atoms with van der Waals surface area (Å²) >= 11 is 0. The summed E-state index contributed by atoms with van der Waals surface area (Å²) in [6.07, 6.45) is -3.15. The van der Waals surface area contributed by atoms with Crippen LogP contribution in [0.1, 0.15) is 16.7 Å². The molecule has 14 heavy (non-hydrogen) atoms. The number of halogens is 3. The third-order valence-electron chi connectivity index (χ3n) is 1.65. The summed E-state index contributed by atoms with van der Waals surface area (Å²) in [5.74, 6) is 0. The minimum Gasteiger partial charge on any atom is -0.192 e. The lowest BCUT2D eigenvalue weighted by atomic mass is 10.1. The fraction of sp³-hybridized carbons (Fsp3) is 0.100. The molecule has 1 aromatic carbocycles. The highest BCUT2D eigenvalue weighted by molar-refractivity contribution is 5.52. The summed E-state index contributed by atoms with van der Waals surface area (Å²) in [5.41, 5.74) is -0.558. The number of nitriles is 1. The van der Waals surface area contributed by atoms with Gasteiger partial charge >= 0.3 is 6.18 Å². The second-order valence-corrected chi connectivity index (χ2v) is 2.66. The topological polar surface area (TPSA) is 23.8 Å². The number of alkyl halides is 3. The lowest BCUT2D eigenvalue weighted by molar-refractivity contribution is -0.137. The number of nitrogens with zero attached hydrogens (tertiary/aromatic N) is 1. The van der Waals surface area contributed by atoms with Crippen LogP contribution >= 0.6 is 0 Å². The molecule has 0 unspecified atom stereocenters. The number of hydrogen-bond acceptors (Lipinski definition) is 1. The van der Waals surface area contributed by atoms with Crippen LogP contribution in [0.5, 0.6) is 0 Å². The summed E-state index contributed by atoms with van der Waals surface area (Å²) in [4.78, 5) is 0. The monoisotopic (exact) mass is 197 g/mol. The van der Waals surface area contributed by atoms with Gasteiger partial charge in [0.25, 0.3) is 0 Å². The first kappa shape index (κ1) is 10.3. The molecular weight excluding hydrogens is 191 g/mol. The molecule has 72 valence electrons. The zero-order chi connectivity index (χ0) is 10.8. The van der Waals surface area contributed by atoms with Gasteiger partial charge in [0.1, 0.15) is 0 Å². The van der Waals surface area contributed by atoms with Crippen molar-refractivity contribution in [3.8, 4) is 6.07 Å². The molecule has 0 fully saturated rings. The number of benzene rings is 1. The summed E-state index contributed by atoms with van der Waals surface area (Å²) in [5, 5.41) is 8.50. The van der Waals surface area contributed by atoms with E-state index in [0.29, 0.717) is 0 Å². The first-order chi connectivity index (χ1) is 6.47. The third kappa shape index (κ3) is 2.13. The van der Waals surface area contributed by atoms with E-state index in [1.54, 1.807) is 6.07 Å². The highest BCUT2D eigenvalue weighted by Gasteiger charge is 2.30. The maximum absolute atomic E-state index is 12.3. The van der Waals surface area contributed by atoms with Crippen LogP contribution in [0.2, 0.25) is 0 Å². The van der Waals surface area contributed by atoms with Crippen molar-refractivity contribution in [1.29, 1.82) is 5.26 Å². The normalized spacial score (nSPS) is 10.7. The molecule has 1 nitrogen and oxygen atoms in total. The predicted octanol–water partition coefficient (Wildman–Crippen LogP) is 3.22. The Morgan fingerprint density at radius 3 is 2.36 bits per heavy atom. The Balaban J connectivity index is 3.33. The quantitative estimate of drug-likeness (QED) is 0.678. The van der Waals surface area contributed by atoms with Crippen molar-refractivity contribution in [3.05, 3.63) is 41.5 Å². The minimum atomic E-state index is -4.43. The molecule has 0 aliphatic heterocycles. The molecule has 0 atom stereocenters. The van der Waals surface area contributed by atoms with Gasteiger partial charge in [-0.15, -0.1) is 0 Å². The second-order valence-electron chi connectivity index (χ2n) is 2.66. The van der Waals surface area contributed by atoms with E-state index in [4.69, 9.17) is 5.26 Å². The van der Waals surface area contributed by atoms with E-state index in [1.165, 1.54) is 12.1 Å². The van der Waals surface area contributed by atoms with E-state index in [1.807, 2.05) is 0 Å². The number of hydrogen-bond donors (Lipinski definition) is 0. The van der Waals surface area contributed by atoms with Crippen molar-refractivity contribution in [2.24, 2.45) is 0 Å². The van der Waals surface area contributed by atoms with Gasteiger partial charge in [0.15, 0.2) is 0 Å². The van der Waals surface area contributed by atoms with Gasteiger partial charge in [-0.25, -0.2) is 0 Å². The fourth-order valence-electron chi connectivity index (χ4n) is 0.998. The predicted molar refractivity (Wildman–Crippen MR) is 46.3 cm³/mol. The van der Waals surface area contributed by atoms with Gasteiger partial charge in [-0.3, -0.25) is 0 Å². The smallest absolute Gasteiger partial charge is 0.192 e. The molecule has 0 N–H and O–H groups in total. The fourth-order valence-corrected chi connectivity index (χ4v) is 0.998. The first-order valence-electron chi connectivity index (χ1n) is 3.72. The van der Waals surface area contributed by atoms with Crippen molar-refractivity contribution >= 4 is 6.08 Å². The molecular formula is C10H6F3N. The molecule has 0 aliphatic rings. The van der Waals surface area contributed by atoms with Gasteiger partial charge in [-0.1, -0.05) is 12.7 Å². The molecule has 0 bridgehead atoms. The van der Waals surface area contributed by atoms with Gasteiger partial charge < -0.3 is 0 Å². The average molecular weight is 197 g/mol. The van der Waals surface area contributed by atoms with Crippen LogP contribution in [0.15, 0.2) is 24.8 Å². The summed E-state index contributed by atoms with van der Waals surface area (Å²) in [6.45, 7) is 3.35. The van der Waals surface area contributed by atoms with Crippen LogP contribution in [-0.2, 0) is 6.18 Å². The highest BCUT2D eigenvalue weighted by atomic mass is 19.4. The van der Waals surface area contributed by atoms with E-state index in [0.717, 1.165) is 12.1 Å². The Hall–Kier alpha value is -1.76. The second kappa shape index (κ2) is 3.54. The Morgan fingerprint density at radius 1 is 1.29 bits per heavy atom. The van der Waals surface area contributed by atoms with E-state index in [-0.39, 0.29) is 11.1 Å². The lowest BCUT2D eigenvalue weighted by Gasteiger charge is -2.07. The number of rotatable bonds is 1. The Kier molecular flexibility index (Phi) is 2.61. The van der Waals surface area contributed by atoms with E-state index in [2.05, 4.69) is 6.58 Å². The molecule has 0 radical (unpaired) electrons. The molecule has 4 heteroatoms. The largest absolute Gasteiger partial charge is 0.416 e. The maximum Gasteiger partial charge on any atom is 0.416 e. The zero-order valence-electron chi connectivity index (χ0n) is 7.10. The summed E-state index contributed by atoms with van der Waals surface area (Å²) < 4.78 is 36.8. The van der Waals surface area contributed by atoms with Gasteiger partial charge in [0.05, 0.1) is 17.2 Å². The van der Waals surface area contributed by atoms with Crippen molar-refractivity contribution in [2.75, 3.05) is 0 Å². The molecule has 0 spiro atoms. The van der Waals surface area contributed by atoms with Crippen molar-refractivity contribution in [1.82, 2.24) is 0 Å². The maximum atomic E-state index is 12.3. The molecule has 0 heterocycles. The molecule has 1 aromatic rings.